The van der Waals surface area contributed by atoms with Crippen LogP contribution in [0.25, 0.3) is 0 Å². The Labute approximate surface area is 129 Å². The van der Waals surface area contributed by atoms with Crippen LogP contribution in [0.1, 0.15) is 32.3 Å². The van der Waals surface area contributed by atoms with Gasteiger partial charge >= 0.3 is 0 Å². The third-order valence-corrected chi connectivity index (χ3v) is 3.59. The van der Waals surface area contributed by atoms with Crippen molar-refractivity contribution >= 4 is 5.96 Å². The van der Waals surface area contributed by atoms with Crippen LogP contribution in [0.4, 0.5) is 0 Å². The zero-order valence-electron chi connectivity index (χ0n) is 13.6. The summed E-state index contributed by atoms with van der Waals surface area (Å²) in [4.78, 5) is 4.22. The van der Waals surface area contributed by atoms with Crippen molar-refractivity contribution in [1.29, 1.82) is 0 Å². The second-order valence-electron chi connectivity index (χ2n) is 5.10. The maximum Gasteiger partial charge on any atom is 0.191 e. The van der Waals surface area contributed by atoms with E-state index in [-0.39, 0.29) is 0 Å². The number of hydrogen-bond donors (Lipinski definition) is 2. The van der Waals surface area contributed by atoms with Crippen molar-refractivity contribution in [3.63, 3.8) is 0 Å². The number of rotatable bonds is 9. The minimum Gasteiger partial charge on any atom is -0.375 e. The Hall–Kier alpha value is -1.55. The fraction of sp³-hybridized carbons (Fsp3) is 0.588. The van der Waals surface area contributed by atoms with Crippen LogP contribution in [0.15, 0.2) is 35.3 Å². The first-order chi connectivity index (χ1) is 10.3. The highest BCUT2D eigenvalue weighted by molar-refractivity contribution is 5.79. The highest BCUT2D eigenvalue weighted by atomic mass is 16.5. The van der Waals surface area contributed by atoms with Crippen LogP contribution in [-0.4, -0.2) is 32.7 Å². The van der Waals surface area contributed by atoms with E-state index in [1.807, 2.05) is 18.2 Å². The summed E-state index contributed by atoms with van der Waals surface area (Å²) in [5.74, 6) is 1.56. The monoisotopic (exact) mass is 291 g/mol. The first kappa shape index (κ1) is 17.5. The van der Waals surface area contributed by atoms with Gasteiger partial charge in [-0.2, -0.15) is 0 Å². The number of aliphatic imine (C=N–C) groups is 1. The molecule has 0 bridgehead atoms. The molecule has 0 aromatic heterocycles. The molecule has 0 heterocycles. The summed E-state index contributed by atoms with van der Waals surface area (Å²) in [6.45, 7) is 7.50. The normalized spacial score (nSPS) is 11.7. The van der Waals surface area contributed by atoms with Gasteiger partial charge < -0.3 is 15.4 Å². The Morgan fingerprint density at radius 1 is 1.14 bits per heavy atom. The standard InChI is InChI=1S/C17H29N3O/c1-4-15(5-2)13-20-17(18-3)19-11-12-21-14-16-9-7-6-8-10-16/h6-10,15H,4-5,11-14H2,1-3H3,(H2,18,19,20). The van der Waals surface area contributed by atoms with Crippen LogP contribution in [0.2, 0.25) is 0 Å². The Balaban J connectivity index is 2.12. The van der Waals surface area contributed by atoms with Gasteiger partial charge in [-0.1, -0.05) is 57.0 Å². The van der Waals surface area contributed by atoms with Crippen molar-refractivity contribution in [2.24, 2.45) is 10.9 Å². The number of hydrogen-bond acceptors (Lipinski definition) is 2. The summed E-state index contributed by atoms with van der Waals surface area (Å²) in [7, 11) is 1.80. The minimum absolute atomic E-state index is 0.655. The molecule has 0 spiro atoms. The van der Waals surface area contributed by atoms with E-state index in [0.717, 1.165) is 19.0 Å². The largest absolute Gasteiger partial charge is 0.375 e. The van der Waals surface area contributed by atoms with Crippen molar-refractivity contribution in [2.45, 2.75) is 33.3 Å². The van der Waals surface area contributed by atoms with E-state index in [4.69, 9.17) is 4.74 Å². The van der Waals surface area contributed by atoms with Crippen molar-refractivity contribution < 1.29 is 4.74 Å². The molecule has 0 fully saturated rings. The molecule has 0 saturated carbocycles. The molecule has 0 radical (unpaired) electrons. The number of benzene rings is 1. The van der Waals surface area contributed by atoms with Crippen LogP contribution in [0.3, 0.4) is 0 Å². The zero-order valence-corrected chi connectivity index (χ0v) is 13.6. The maximum absolute atomic E-state index is 5.64. The first-order valence-corrected chi connectivity index (χ1v) is 7.86. The van der Waals surface area contributed by atoms with Gasteiger partial charge in [0.2, 0.25) is 0 Å². The topological polar surface area (TPSA) is 45.7 Å². The number of guanidine groups is 1. The van der Waals surface area contributed by atoms with Gasteiger partial charge in [0.1, 0.15) is 0 Å². The molecule has 0 atom stereocenters. The molecule has 1 rings (SSSR count). The van der Waals surface area contributed by atoms with Crippen molar-refractivity contribution in [1.82, 2.24) is 10.6 Å². The lowest BCUT2D eigenvalue weighted by atomic mass is 10.0. The van der Waals surface area contributed by atoms with Gasteiger partial charge in [0.15, 0.2) is 5.96 Å². The predicted molar refractivity (Wildman–Crippen MR) is 89.5 cm³/mol. The minimum atomic E-state index is 0.655. The molecule has 1 aromatic carbocycles. The molecule has 4 heteroatoms. The van der Waals surface area contributed by atoms with Gasteiger partial charge in [0.05, 0.1) is 13.2 Å². The summed E-state index contributed by atoms with van der Waals surface area (Å²) in [6, 6.07) is 10.2. The summed E-state index contributed by atoms with van der Waals surface area (Å²) in [6.07, 6.45) is 2.39. The van der Waals surface area contributed by atoms with E-state index in [9.17, 15) is 0 Å². The lowest BCUT2D eigenvalue weighted by Gasteiger charge is -2.16. The molecule has 21 heavy (non-hydrogen) atoms. The average Bonchev–Trinajstić information content (AvgIpc) is 2.54. The number of ether oxygens (including phenoxy) is 1. The van der Waals surface area contributed by atoms with Crippen molar-refractivity contribution in [2.75, 3.05) is 26.7 Å². The van der Waals surface area contributed by atoms with Crippen molar-refractivity contribution in [3.05, 3.63) is 35.9 Å². The van der Waals surface area contributed by atoms with Crippen LogP contribution in [-0.2, 0) is 11.3 Å². The van der Waals surface area contributed by atoms with Crippen LogP contribution >= 0.6 is 0 Å². The Morgan fingerprint density at radius 2 is 1.86 bits per heavy atom. The van der Waals surface area contributed by atoms with Crippen LogP contribution in [0.5, 0.6) is 0 Å². The van der Waals surface area contributed by atoms with Crippen molar-refractivity contribution in [3.8, 4) is 0 Å². The number of nitrogens with one attached hydrogen (secondary N) is 2. The van der Waals surface area contributed by atoms with Gasteiger partial charge in [0, 0.05) is 20.1 Å². The Bertz CT molecular complexity index is 388. The SMILES string of the molecule is CCC(CC)CNC(=NC)NCCOCc1ccccc1. The molecule has 0 aliphatic rings. The fourth-order valence-corrected chi connectivity index (χ4v) is 2.04. The zero-order chi connectivity index (χ0) is 15.3. The lowest BCUT2D eigenvalue weighted by molar-refractivity contribution is 0.125. The fourth-order valence-electron chi connectivity index (χ4n) is 2.04. The van der Waals surface area contributed by atoms with Gasteiger partial charge in [-0.05, 0) is 11.5 Å². The highest BCUT2D eigenvalue weighted by Gasteiger charge is 2.04. The molecule has 0 aliphatic heterocycles. The summed E-state index contributed by atoms with van der Waals surface area (Å²) in [5.41, 5.74) is 1.20. The molecule has 118 valence electrons. The van der Waals surface area contributed by atoms with E-state index in [2.05, 4.69) is 41.6 Å². The molecule has 0 aliphatic carbocycles. The smallest absolute Gasteiger partial charge is 0.191 e. The number of nitrogens with zero attached hydrogens (tertiary/aromatic N) is 1. The lowest BCUT2D eigenvalue weighted by Crippen LogP contribution is -2.41. The molecule has 0 amide bonds. The van der Waals surface area contributed by atoms with E-state index in [0.29, 0.717) is 19.1 Å². The summed E-state index contributed by atoms with van der Waals surface area (Å²) < 4.78 is 5.64. The highest BCUT2D eigenvalue weighted by Crippen LogP contribution is 2.04. The second kappa shape index (κ2) is 11.1. The van der Waals surface area contributed by atoms with Gasteiger partial charge in [0.25, 0.3) is 0 Å². The Kier molecular flexibility index (Phi) is 9.29. The van der Waals surface area contributed by atoms with E-state index in [1.165, 1.54) is 18.4 Å². The predicted octanol–water partition coefficient (Wildman–Crippen LogP) is 2.80. The average molecular weight is 291 g/mol. The molecule has 2 N–H and O–H groups in total. The maximum atomic E-state index is 5.64. The summed E-state index contributed by atoms with van der Waals surface area (Å²) in [5, 5.41) is 6.64. The summed E-state index contributed by atoms with van der Waals surface area (Å²) >= 11 is 0. The van der Waals surface area contributed by atoms with Gasteiger partial charge in [-0.15, -0.1) is 0 Å². The molecule has 0 saturated heterocycles. The molecular formula is C17H29N3O. The second-order valence-corrected chi connectivity index (χ2v) is 5.10. The van der Waals surface area contributed by atoms with Gasteiger partial charge in [-0.3, -0.25) is 4.99 Å². The molecule has 4 nitrogen and oxygen atoms in total. The molecule has 1 aromatic rings. The van der Waals surface area contributed by atoms with Gasteiger partial charge in [-0.25, -0.2) is 0 Å². The Morgan fingerprint density at radius 3 is 2.48 bits per heavy atom. The van der Waals surface area contributed by atoms with Crippen LogP contribution in [0, 0.1) is 5.92 Å². The third kappa shape index (κ3) is 7.71. The third-order valence-electron chi connectivity index (χ3n) is 3.59. The molecular weight excluding hydrogens is 262 g/mol. The first-order valence-electron chi connectivity index (χ1n) is 7.86. The van der Waals surface area contributed by atoms with E-state index >= 15 is 0 Å². The molecule has 0 unspecified atom stereocenters. The quantitative estimate of drug-likeness (QED) is 0.418. The van der Waals surface area contributed by atoms with E-state index < -0.39 is 0 Å². The van der Waals surface area contributed by atoms with E-state index in [1.54, 1.807) is 7.05 Å². The van der Waals surface area contributed by atoms with Crippen LogP contribution < -0.4 is 10.6 Å².